The molecule has 0 fully saturated rings. The van der Waals surface area contributed by atoms with Crippen LogP contribution in [0.5, 0.6) is 0 Å². The molecule has 0 aliphatic carbocycles. The number of carbonyl (C=O) groups excluding carboxylic acids is 2. The summed E-state index contributed by atoms with van der Waals surface area (Å²) < 4.78 is 10.5. The average molecular weight is 400 g/mol. The van der Waals surface area contributed by atoms with Gasteiger partial charge in [-0.1, -0.05) is 41.9 Å². The first kappa shape index (κ1) is 20.0. The largest absolute Gasteiger partial charge is 0.465 e. The molecule has 1 N–H and O–H groups in total. The summed E-state index contributed by atoms with van der Waals surface area (Å²) >= 11 is 6.05. The highest BCUT2D eigenvalue weighted by atomic mass is 35.5. The van der Waals surface area contributed by atoms with E-state index in [-0.39, 0.29) is 13.2 Å². The van der Waals surface area contributed by atoms with Crippen molar-refractivity contribution in [2.24, 2.45) is 5.92 Å². The first-order valence-electron chi connectivity index (χ1n) is 9.21. The van der Waals surface area contributed by atoms with Crippen LogP contribution in [0.25, 0.3) is 10.9 Å². The predicted molar refractivity (Wildman–Crippen MR) is 108 cm³/mol. The molecule has 3 rings (SSSR count). The van der Waals surface area contributed by atoms with E-state index in [1.54, 1.807) is 26.0 Å². The second kappa shape index (κ2) is 8.93. The third kappa shape index (κ3) is 4.04. The number of ether oxygens (including phenoxy) is 2. The van der Waals surface area contributed by atoms with E-state index in [1.807, 2.05) is 42.6 Å². The summed E-state index contributed by atoms with van der Waals surface area (Å²) in [5.41, 5.74) is 2.52. The number of aromatic amines is 1. The number of aromatic nitrogens is 1. The highest BCUT2D eigenvalue weighted by Crippen LogP contribution is 2.38. The summed E-state index contributed by atoms with van der Waals surface area (Å²) in [4.78, 5) is 28.8. The quantitative estimate of drug-likeness (QED) is 0.462. The van der Waals surface area contributed by atoms with Crippen LogP contribution < -0.4 is 0 Å². The number of hydrogen-bond donors (Lipinski definition) is 1. The molecule has 146 valence electrons. The van der Waals surface area contributed by atoms with E-state index >= 15 is 0 Å². The summed E-state index contributed by atoms with van der Waals surface area (Å²) in [6.45, 7) is 3.78. The van der Waals surface area contributed by atoms with Gasteiger partial charge in [0.2, 0.25) is 0 Å². The molecule has 0 aliphatic rings. The number of benzene rings is 2. The molecule has 0 bridgehead atoms. The van der Waals surface area contributed by atoms with Gasteiger partial charge in [-0.05, 0) is 43.2 Å². The number of rotatable bonds is 7. The van der Waals surface area contributed by atoms with E-state index in [0.717, 1.165) is 22.0 Å². The van der Waals surface area contributed by atoms with Crippen molar-refractivity contribution in [1.29, 1.82) is 0 Å². The molecule has 0 radical (unpaired) electrons. The average Bonchev–Trinajstić information content (AvgIpc) is 3.11. The van der Waals surface area contributed by atoms with Gasteiger partial charge in [-0.3, -0.25) is 9.59 Å². The fourth-order valence-electron chi connectivity index (χ4n) is 3.41. The maximum absolute atomic E-state index is 12.8. The monoisotopic (exact) mass is 399 g/mol. The van der Waals surface area contributed by atoms with Crippen molar-refractivity contribution in [2.45, 2.75) is 19.8 Å². The molecule has 2 aromatic carbocycles. The fraction of sp³-hybridized carbons (Fsp3) is 0.273. The van der Waals surface area contributed by atoms with Crippen LogP contribution in [0.15, 0.2) is 54.7 Å². The van der Waals surface area contributed by atoms with Gasteiger partial charge in [0, 0.05) is 28.0 Å². The van der Waals surface area contributed by atoms with Crippen molar-refractivity contribution < 1.29 is 19.1 Å². The van der Waals surface area contributed by atoms with Gasteiger partial charge >= 0.3 is 11.9 Å². The predicted octanol–water partition coefficient (Wildman–Crippen LogP) is 4.70. The van der Waals surface area contributed by atoms with Crippen LogP contribution >= 0.6 is 11.6 Å². The number of esters is 2. The SMILES string of the molecule is CCOC(=O)C(C(=O)OCC)C(c1ccc(Cl)cc1)c1c[nH]c2ccccc12. The molecule has 0 amide bonds. The Balaban J connectivity index is 2.19. The summed E-state index contributed by atoms with van der Waals surface area (Å²) in [7, 11) is 0. The van der Waals surface area contributed by atoms with Crippen LogP contribution in [-0.4, -0.2) is 30.1 Å². The zero-order valence-corrected chi connectivity index (χ0v) is 16.5. The lowest BCUT2D eigenvalue weighted by Gasteiger charge is -2.24. The highest BCUT2D eigenvalue weighted by Gasteiger charge is 2.40. The number of fused-ring (bicyclic) bond motifs is 1. The van der Waals surface area contributed by atoms with E-state index in [1.165, 1.54) is 0 Å². The molecular formula is C22H22ClNO4. The van der Waals surface area contributed by atoms with Crippen molar-refractivity contribution in [3.05, 3.63) is 70.9 Å². The van der Waals surface area contributed by atoms with Gasteiger partial charge in [0.1, 0.15) is 0 Å². The fourth-order valence-corrected chi connectivity index (χ4v) is 3.53. The molecule has 1 heterocycles. The third-order valence-corrected chi connectivity index (χ3v) is 4.85. The van der Waals surface area contributed by atoms with Crippen LogP contribution in [-0.2, 0) is 19.1 Å². The Hall–Kier alpha value is -2.79. The van der Waals surface area contributed by atoms with E-state index in [4.69, 9.17) is 21.1 Å². The lowest BCUT2D eigenvalue weighted by Crippen LogP contribution is -2.34. The van der Waals surface area contributed by atoms with Gasteiger partial charge in [0.05, 0.1) is 13.2 Å². The molecule has 28 heavy (non-hydrogen) atoms. The first-order valence-corrected chi connectivity index (χ1v) is 9.59. The summed E-state index contributed by atoms with van der Waals surface area (Å²) in [6.07, 6.45) is 1.83. The minimum Gasteiger partial charge on any atom is -0.465 e. The van der Waals surface area contributed by atoms with Crippen LogP contribution in [0.3, 0.4) is 0 Å². The molecule has 1 atom stereocenters. The summed E-state index contributed by atoms with van der Waals surface area (Å²) in [5.74, 6) is -2.91. The van der Waals surface area contributed by atoms with Crippen molar-refractivity contribution in [1.82, 2.24) is 4.98 Å². The van der Waals surface area contributed by atoms with Gasteiger partial charge in [-0.2, -0.15) is 0 Å². The van der Waals surface area contributed by atoms with Crippen LogP contribution in [0.1, 0.15) is 30.9 Å². The van der Waals surface area contributed by atoms with Crippen LogP contribution in [0.4, 0.5) is 0 Å². The molecule has 1 unspecified atom stereocenters. The summed E-state index contributed by atoms with van der Waals surface area (Å²) in [5, 5.41) is 1.51. The molecule has 1 aromatic heterocycles. The summed E-state index contributed by atoms with van der Waals surface area (Å²) in [6, 6.07) is 14.9. The number of para-hydroxylation sites is 1. The zero-order valence-electron chi connectivity index (χ0n) is 15.8. The van der Waals surface area contributed by atoms with Crippen LogP contribution in [0.2, 0.25) is 5.02 Å². The number of carbonyl (C=O) groups is 2. The molecule has 0 saturated carbocycles. The Morgan fingerprint density at radius 2 is 1.57 bits per heavy atom. The Morgan fingerprint density at radius 1 is 0.964 bits per heavy atom. The van der Waals surface area contributed by atoms with Crippen molar-refractivity contribution in [2.75, 3.05) is 13.2 Å². The van der Waals surface area contributed by atoms with Gasteiger partial charge in [-0.25, -0.2) is 0 Å². The third-order valence-electron chi connectivity index (χ3n) is 4.60. The van der Waals surface area contributed by atoms with Gasteiger partial charge in [0.25, 0.3) is 0 Å². The van der Waals surface area contributed by atoms with Crippen LogP contribution in [0, 0.1) is 5.92 Å². The number of nitrogens with one attached hydrogen (secondary N) is 1. The molecule has 3 aromatic rings. The zero-order chi connectivity index (χ0) is 20.1. The Kier molecular flexibility index (Phi) is 6.37. The minimum atomic E-state index is -1.12. The number of hydrogen-bond acceptors (Lipinski definition) is 4. The Labute approximate surface area is 168 Å². The minimum absolute atomic E-state index is 0.177. The second-order valence-corrected chi connectivity index (χ2v) is 6.74. The van der Waals surface area contributed by atoms with Gasteiger partial charge in [0.15, 0.2) is 5.92 Å². The Morgan fingerprint density at radius 3 is 2.18 bits per heavy atom. The maximum Gasteiger partial charge on any atom is 0.321 e. The highest BCUT2D eigenvalue weighted by molar-refractivity contribution is 6.30. The number of halogens is 1. The lowest BCUT2D eigenvalue weighted by atomic mass is 9.80. The first-order chi connectivity index (χ1) is 13.6. The van der Waals surface area contributed by atoms with E-state index < -0.39 is 23.8 Å². The maximum atomic E-state index is 12.8. The second-order valence-electron chi connectivity index (χ2n) is 6.30. The van der Waals surface area contributed by atoms with Crippen molar-refractivity contribution >= 4 is 34.4 Å². The lowest BCUT2D eigenvalue weighted by molar-refractivity contribution is -0.162. The molecule has 0 spiro atoms. The Bertz CT molecular complexity index is 946. The normalized spacial score (nSPS) is 12.1. The van der Waals surface area contributed by atoms with Crippen molar-refractivity contribution in [3.8, 4) is 0 Å². The standard InChI is InChI=1S/C22H22ClNO4/c1-3-27-21(25)20(22(26)28-4-2)19(14-9-11-15(23)12-10-14)17-13-24-18-8-6-5-7-16(17)18/h5-13,19-20,24H,3-4H2,1-2H3. The van der Waals surface area contributed by atoms with Gasteiger partial charge < -0.3 is 14.5 Å². The van der Waals surface area contributed by atoms with E-state index in [9.17, 15) is 9.59 Å². The topological polar surface area (TPSA) is 68.4 Å². The smallest absolute Gasteiger partial charge is 0.321 e. The van der Waals surface area contributed by atoms with E-state index in [0.29, 0.717) is 5.02 Å². The van der Waals surface area contributed by atoms with Crippen molar-refractivity contribution in [3.63, 3.8) is 0 Å². The molecule has 5 nitrogen and oxygen atoms in total. The molecule has 0 saturated heterocycles. The van der Waals surface area contributed by atoms with Gasteiger partial charge in [-0.15, -0.1) is 0 Å². The molecular weight excluding hydrogens is 378 g/mol. The van der Waals surface area contributed by atoms with E-state index in [2.05, 4.69) is 4.98 Å². The molecule has 0 aliphatic heterocycles. The number of H-pyrrole nitrogens is 1. The molecule has 6 heteroatoms.